The maximum atomic E-state index is 13.4. The number of hydroxylamine groups is 1. The Morgan fingerprint density at radius 3 is 2.59 bits per heavy atom. The van der Waals surface area contributed by atoms with Crippen molar-refractivity contribution < 1.29 is 19.0 Å². The monoisotopic (exact) mass is 504 g/mol. The van der Waals surface area contributed by atoms with Gasteiger partial charge in [-0.05, 0) is 55.6 Å². The minimum absolute atomic E-state index is 0.0249. The molecule has 1 aromatic heterocycles. The van der Waals surface area contributed by atoms with Crippen LogP contribution in [0.4, 0.5) is 15.9 Å². The Labute approximate surface area is 192 Å². The Morgan fingerprint density at radius 1 is 1.16 bits per heavy atom. The first-order valence-electron chi connectivity index (χ1n) is 9.98. The van der Waals surface area contributed by atoms with Crippen molar-refractivity contribution >= 4 is 33.3 Å². The third-order valence-corrected chi connectivity index (χ3v) is 5.67. The second-order valence-corrected chi connectivity index (χ2v) is 8.13. The number of aromatic nitrogens is 2. The van der Waals surface area contributed by atoms with E-state index in [1.807, 2.05) is 12.1 Å². The normalized spacial score (nSPS) is 14.3. The summed E-state index contributed by atoms with van der Waals surface area (Å²) in [6.07, 6.45) is 0. The van der Waals surface area contributed by atoms with E-state index < -0.39 is 5.82 Å². The van der Waals surface area contributed by atoms with Gasteiger partial charge in [-0.2, -0.15) is 0 Å². The van der Waals surface area contributed by atoms with Gasteiger partial charge in [-0.1, -0.05) is 24.3 Å². The molecule has 0 atom stereocenters. The second-order valence-electron chi connectivity index (χ2n) is 7.28. The topological polar surface area (TPSA) is 111 Å². The number of benzene rings is 2. The summed E-state index contributed by atoms with van der Waals surface area (Å²) in [5, 5.41) is 29.8. The fraction of sp³-hybridized carbons (Fsp3) is 0.286. The molecule has 2 heterocycles. The van der Waals surface area contributed by atoms with Crippen LogP contribution < -0.4 is 10.4 Å². The van der Waals surface area contributed by atoms with E-state index in [0.717, 1.165) is 38.4 Å². The Hall–Kier alpha value is -2.86. The molecule has 1 aliphatic rings. The molecule has 0 amide bonds. The lowest BCUT2D eigenvalue weighted by Crippen LogP contribution is -2.35. The Morgan fingerprint density at radius 2 is 1.88 bits per heavy atom. The summed E-state index contributed by atoms with van der Waals surface area (Å²) in [6.45, 7) is 4.74. The molecule has 0 spiro atoms. The van der Waals surface area contributed by atoms with Crippen LogP contribution in [0.3, 0.4) is 0 Å². The predicted molar refractivity (Wildman–Crippen MR) is 119 cm³/mol. The number of morpholine rings is 1. The quantitative estimate of drug-likeness (QED) is 0.254. The molecule has 0 radical (unpaired) electrons. The van der Waals surface area contributed by atoms with Gasteiger partial charge in [0.15, 0.2) is 11.5 Å². The van der Waals surface area contributed by atoms with Gasteiger partial charge in [0, 0.05) is 26.2 Å². The second kappa shape index (κ2) is 10.2. The minimum Gasteiger partial charge on any atom is -0.379 e. The Bertz CT molecular complexity index is 1070. The Balaban J connectivity index is 1.37. The number of hydrogen-bond acceptors (Lipinski definition) is 8. The molecule has 1 saturated heterocycles. The highest BCUT2D eigenvalue weighted by Crippen LogP contribution is 2.24. The van der Waals surface area contributed by atoms with Crippen LogP contribution in [0.1, 0.15) is 16.8 Å². The van der Waals surface area contributed by atoms with Crippen LogP contribution in [0, 0.1) is 11.2 Å². The van der Waals surface area contributed by atoms with Gasteiger partial charge in [-0.25, -0.2) is 14.1 Å². The first-order chi connectivity index (χ1) is 15.5. The molecule has 0 unspecified atom stereocenters. The van der Waals surface area contributed by atoms with Crippen molar-refractivity contribution in [3.05, 3.63) is 69.6 Å². The lowest BCUT2D eigenvalue weighted by Gasteiger charge is -2.26. The number of anilines is 2. The van der Waals surface area contributed by atoms with E-state index in [4.69, 9.17) is 14.8 Å². The summed E-state index contributed by atoms with van der Waals surface area (Å²) >= 11 is 3.06. The molecule has 1 aliphatic heterocycles. The van der Waals surface area contributed by atoms with E-state index in [9.17, 15) is 9.60 Å². The highest BCUT2D eigenvalue weighted by atomic mass is 79.9. The number of halogens is 2. The van der Waals surface area contributed by atoms with Gasteiger partial charge < -0.3 is 10.1 Å². The highest BCUT2D eigenvalue weighted by Gasteiger charge is 2.21. The van der Waals surface area contributed by atoms with Crippen LogP contribution in [0.15, 0.2) is 51.6 Å². The van der Waals surface area contributed by atoms with E-state index >= 15 is 0 Å². The number of ether oxygens (including phenoxy) is 1. The third-order valence-electron chi connectivity index (χ3n) is 5.07. The number of hydrogen-bond donors (Lipinski definition) is 3. The molecule has 1 fully saturated rings. The van der Waals surface area contributed by atoms with Crippen molar-refractivity contribution in [2.24, 2.45) is 0 Å². The van der Waals surface area contributed by atoms with E-state index in [0.29, 0.717) is 11.6 Å². The van der Waals surface area contributed by atoms with Crippen LogP contribution in [0.2, 0.25) is 0 Å². The minimum atomic E-state index is -0.477. The van der Waals surface area contributed by atoms with E-state index in [2.05, 4.69) is 48.6 Å². The first-order valence-corrected chi connectivity index (χ1v) is 10.8. The molecule has 4 rings (SSSR count). The van der Waals surface area contributed by atoms with E-state index in [-0.39, 0.29) is 27.5 Å². The molecule has 32 heavy (non-hydrogen) atoms. The van der Waals surface area contributed by atoms with Gasteiger partial charge in [0.05, 0.1) is 23.4 Å². The number of nitrogens with one attached hydrogen (secondary N) is 2. The van der Waals surface area contributed by atoms with Gasteiger partial charge in [0.2, 0.25) is 5.82 Å². The lowest BCUT2D eigenvalue weighted by molar-refractivity contribution is 0.0342. The number of amidine groups is 1. The van der Waals surface area contributed by atoms with Crippen LogP contribution in [-0.4, -0.2) is 52.6 Å². The summed E-state index contributed by atoms with van der Waals surface area (Å²) in [5.74, 6) is -0.629. The van der Waals surface area contributed by atoms with Crippen LogP contribution >= 0.6 is 15.9 Å². The fourth-order valence-electron chi connectivity index (χ4n) is 3.27. The van der Waals surface area contributed by atoms with Crippen molar-refractivity contribution in [2.45, 2.75) is 13.1 Å². The van der Waals surface area contributed by atoms with E-state index in [1.54, 1.807) is 0 Å². The molecule has 9 nitrogen and oxygen atoms in total. The van der Waals surface area contributed by atoms with Gasteiger partial charge in [-0.15, -0.1) is 0 Å². The zero-order chi connectivity index (χ0) is 22.5. The largest absolute Gasteiger partial charge is 0.379 e. The van der Waals surface area contributed by atoms with Crippen LogP contribution in [0.25, 0.3) is 0 Å². The van der Waals surface area contributed by atoms with Crippen LogP contribution in [0.5, 0.6) is 0 Å². The summed E-state index contributed by atoms with van der Waals surface area (Å²) in [7, 11) is 0. The summed E-state index contributed by atoms with van der Waals surface area (Å²) in [6, 6.07) is 12.1. The molecular formula is C21H22BrFN6O3. The molecule has 0 bridgehead atoms. The Kier molecular flexibility index (Phi) is 7.10. The van der Waals surface area contributed by atoms with Crippen molar-refractivity contribution in [3.63, 3.8) is 0 Å². The smallest absolute Gasteiger partial charge is 0.202 e. The highest BCUT2D eigenvalue weighted by molar-refractivity contribution is 9.10. The standard InChI is InChI=1S/C21H22BrFN6O3/c22-17-11-16(5-6-18(17)23)29(30)20(24)19-21(27-32-26-19)25-12-14-1-3-15(4-2-14)13-28-7-9-31-10-8-28/h1-6,11,24,30H,7-10,12-13H2,(H,25,27). The lowest BCUT2D eigenvalue weighted by atomic mass is 10.1. The zero-order valence-corrected chi connectivity index (χ0v) is 18.7. The number of rotatable bonds is 7. The molecule has 2 aromatic carbocycles. The maximum Gasteiger partial charge on any atom is 0.202 e. The average molecular weight is 505 g/mol. The summed E-state index contributed by atoms with van der Waals surface area (Å²) in [5.41, 5.74) is 2.45. The van der Waals surface area contributed by atoms with Gasteiger partial charge in [0.1, 0.15) is 5.82 Å². The molecule has 0 aliphatic carbocycles. The van der Waals surface area contributed by atoms with E-state index in [1.165, 1.54) is 23.8 Å². The van der Waals surface area contributed by atoms with Gasteiger partial charge >= 0.3 is 0 Å². The summed E-state index contributed by atoms with van der Waals surface area (Å²) in [4.78, 5) is 2.36. The van der Waals surface area contributed by atoms with Crippen molar-refractivity contribution in [2.75, 3.05) is 36.7 Å². The fourth-order valence-corrected chi connectivity index (χ4v) is 3.64. The van der Waals surface area contributed by atoms with Gasteiger partial charge in [0.25, 0.3) is 0 Å². The molecule has 168 valence electrons. The van der Waals surface area contributed by atoms with Gasteiger partial charge in [-0.3, -0.25) is 15.5 Å². The average Bonchev–Trinajstić information content (AvgIpc) is 3.29. The molecule has 3 aromatic rings. The number of nitrogens with zero attached hydrogens (tertiary/aromatic N) is 4. The predicted octanol–water partition coefficient (Wildman–Crippen LogP) is 3.64. The third kappa shape index (κ3) is 5.30. The van der Waals surface area contributed by atoms with Crippen molar-refractivity contribution in [1.29, 1.82) is 5.41 Å². The van der Waals surface area contributed by atoms with Crippen LogP contribution in [-0.2, 0) is 17.8 Å². The molecule has 0 saturated carbocycles. The maximum absolute atomic E-state index is 13.4. The molecule has 11 heteroatoms. The van der Waals surface area contributed by atoms with Crippen molar-refractivity contribution in [3.8, 4) is 0 Å². The molecule has 3 N–H and O–H groups in total. The summed E-state index contributed by atoms with van der Waals surface area (Å²) < 4.78 is 23.8. The molecular weight excluding hydrogens is 483 g/mol. The first kappa shape index (κ1) is 22.3. The SMILES string of the molecule is N=C(c1nonc1NCc1ccc(CN2CCOCC2)cc1)N(O)c1ccc(F)c(Br)c1. The zero-order valence-electron chi connectivity index (χ0n) is 17.1. The van der Waals surface area contributed by atoms with Crippen molar-refractivity contribution in [1.82, 2.24) is 15.2 Å².